The van der Waals surface area contributed by atoms with Crippen molar-refractivity contribution >= 4 is 29.4 Å². The molecule has 0 atom stereocenters. The zero-order valence-corrected chi connectivity index (χ0v) is 16.9. The molecule has 0 radical (unpaired) electrons. The first kappa shape index (κ1) is 22.4. The Morgan fingerprint density at radius 2 is 1.63 bits per heavy atom. The highest BCUT2D eigenvalue weighted by atomic mass is 16.5. The lowest BCUT2D eigenvalue weighted by Gasteiger charge is -2.12. The van der Waals surface area contributed by atoms with Crippen molar-refractivity contribution in [3.63, 3.8) is 0 Å². The van der Waals surface area contributed by atoms with E-state index in [2.05, 4.69) is 10.6 Å². The Hall–Kier alpha value is -3.88. The highest BCUT2D eigenvalue weighted by molar-refractivity contribution is 6.08. The molecule has 158 valence electrons. The summed E-state index contributed by atoms with van der Waals surface area (Å²) < 4.78 is 10.1. The van der Waals surface area contributed by atoms with Crippen LogP contribution in [-0.4, -0.2) is 62.9 Å². The molecule has 3 amide bonds. The molecule has 0 saturated carbocycles. The van der Waals surface area contributed by atoms with Gasteiger partial charge in [-0.05, 0) is 36.4 Å². The molecule has 0 aromatic heterocycles. The Morgan fingerprint density at radius 3 is 2.27 bits per heavy atom. The molecule has 2 aromatic carbocycles. The van der Waals surface area contributed by atoms with Crippen LogP contribution in [-0.2, 0) is 14.3 Å². The van der Waals surface area contributed by atoms with E-state index in [0.717, 1.165) is 0 Å². The number of para-hydroxylation sites is 1. The lowest BCUT2D eigenvalue weighted by molar-refractivity contribution is -0.131. The van der Waals surface area contributed by atoms with Crippen LogP contribution in [0.4, 0.5) is 5.69 Å². The minimum absolute atomic E-state index is 0.0940. The summed E-state index contributed by atoms with van der Waals surface area (Å²) >= 11 is 0. The third-order valence-electron chi connectivity index (χ3n) is 4.02. The van der Waals surface area contributed by atoms with Crippen LogP contribution in [0, 0.1) is 0 Å². The van der Waals surface area contributed by atoms with Gasteiger partial charge in [0.2, 0.25) is 5.91 Å². The van der Waals surface area contributed by atoms with E-state index >= 15 is 0 Å². The molecule has 0 saturated heterocycles. The number of rotatable bonds is 8. The van der Waals surface area contributed by atoms with Crippen LogP contribution >= 0.6 is 0 Å². The first-order chi connectivity index (χ1) is 14.3. The monoisotopic (exact) mass is 413 g/mol. The molecular formula is C21H23N3O6. The van der Waals surface area contributed by atoms with Gasteiger partial charge >= 0.3 is 5.97 Å². The van der Waals surface area contributed by atoms with Crippen LogP contribution in [0.1, 0.15) is 20.7 Å². The van der Waals surface area contributed by atoms with E-state index in [0.29, 0.717) is 11.3 Å². The van der Waals surface area contributed by atoms with Crippen LogP contribution < -0.4 is 15.4 Å². The van der Waals surface area contributed by atoms with Gasteiger partial charge in [0, 0.05) is 19.7 Å². The number of hydrogen-bond donors (Lipinski definition) is 2. The Balaban J connectivity index is 1.98. The molecule has 0 spiro atoms. The second-order valence-electron chi connectivity index (χ2n) is 6.37. The predicted molar refractivity (Wildman–Crippen MR) is 109 cm³/mol. The highest BCUT2D eigenvalue weighted by Crippen LogP contribution is 2.18. The summed E-state index contributed by atoms with van der Waals surface area (Å²) in [5.41, 5.74) is 0.715. The molecule has 0 aliphatic rings. The quantitative estimate of drug-likeness (QED) is 0.631. The molecule has 2 rings (SSSR count). The van der Waals surface area contributed by atoms with Gasteiger partial charge < -0.3 is 25.0 Å². The van der Waals surface area contributed by atoms with Crippen molar-refractivity contribution < 1.29 is 28.7 Å². The van der Waals surface area contributed by atoms with Crippen LogP contribution in [0.3, 0.4) is 0 Å². The van der Waals surface area contributed by atoms with E-state index in [9.17, 15) is 19.2 Å². The molecule has 0 bridgehead atoms. The summed E-state index contributed by atoms with van der Waals surface area (Å²) in [6.07, 6.45) is 0. The molecular weight excluding hydrogens is 390 g/mol. The summed E-state index contributed by atoms with van der Waals surface area (Å²) in [7, 11) is 4.65. The van der Waals surface area contributed by atoms with E-state index in [4.69, 9.17) is 9.47 Å². The fourth-order valence-electron chi connectivity index (χ4n) is 2.30. The number of likely N-dealkylation sites (N-methyl/N-ethyl adjacent to an activating group) is 1. The maximum absolute atomic E-state index is 12.5. The lowest BCUT2D eigenvalue weighted by atomic mass is 10.1. The van der Waals surface area contributed by atoms with Crippen molar-refractivity contribution in [1.82, 2.24) is 10.2 Å². The number of nitrogens with one attached hydrogen (secondary N) is 2. The van der Waals surface area contributed by atoms with Crippen LogP contribution in [0.5, 0.6) is 5.75 Å². The van der Waals surface area contributed by atoms with Crippen LogP contribution in [0.25, 0.3) is 0 Å². The SMILES string of the molecule is COc1ccc(C(=O)Nc2ccccc2C(=O)OCC(=O)NCC(=O)N(C)C)cc1. The second kappa shape index (κ2) is 10.6. The standard InChI is InChI=1S/C21H23N3O6/c1-24(2)19(26)12-22-18(25)13-30-21(28)16-6-4-5-7-17(16)23-20(27)14-8-10-15(29-3)11-9-14/h4-11H,12-13H2,1-3H3,(H,22,25)(H,23,27). The maximum atomic E-state index is 12.5. The molecule has 0 heterocycles. The Bertz CT molecular complexity index is 925. The Morgan fingerprint density at radius 1 is 0.967 bits per heavy atom. The van der Waals surface area contributed by atoms with Gasteiger partial charge in [-0.2, -0.15) is 0 Å². The Kier molecular flexibility index (Phi) is 7.92. The Labute approximate surface area is 174 Å². The fraction of sp³-hybridized carbons (Fsp3) is 0.238. The number of hydrogen-bond acceptors (Lipinski definition) is 6. The smallest absolute Gasteiger partial charge is 0.340 e. The van der Waals surface area contributed by atoms with Crippen molar-refractivity contribution in [1.29, 1.82) is 0 Å². The second-order valence-corrected chi connectivity index (χ2v) is 6.37. The van der Waals surface area contributed by atoms with E-state index in [1.165, 1.54) is 18.1 Å². The lowest BCUT2D eigenvalue weighted by Crippen LogP contribution is -2.38. The summed E-state index contributed by atoms with van der Waals surface area (Å²) in [6, 6.07) is 12.8. The number of carbonyl (C=O) groups is 4. The first-order valence-electron chi connectivity index (χ1n) is 9.00. The molecule has 0 aliphatic carbocycles. The van der Waals surface area contributed by atoms with Crippen LogP contribution in [0.2, 0.25) is 0 Å². The van der Waals surface area contributed by atoms with Crippen molar-refractivity contribution in [2.75, 3.05) is 39.7 Å². The molecule has 9 nitrogen and oxygen atoms in total. The largest absolute Gasteiger partial charge is 0.497 e. The summed E-state index contributed by atoms with van der Waals surface area (Å²) in [5.74, 6) is -1.49. The first-order valence-corrected chi connectivity index (χ1v) is 9.00. The summed E-state index contributed by atoms with van der Waals surface area (Å²) in [4.78, 5) is 49.4. The van der Waals surface area contributed by atoms with Crippen molar-refractivity contribution in [3.8, 4) is 5.75 Å². The van der Waals surface area contributed by atoms with Crippen molar-refractivity contribution in [2.24, 2.45) is 0 Å². The minimum atomic E-state index is -0.783. The third kappa shape index (κ3) is 6.33. The summed E-state index contributed by atoms with van der Waals surface area (Å²) in [5, 5.41) is 5.01. The van der Waals surface area contributed by atoms with E-state index < -0.39 is 24.4 Å². The maximum Gasteiger partial charge on any atom is 0.340 e. The molecule has 9 heteroatoms. The zero-order chi connectivity index (χ0) is 22.1. The molecule has 0 fully saturated rings. The third-order valence-corrected chi connectivity index (χ3v) is 4.02. The zero-order valence-electron chi connectivity index (χ0n) is 16.9. The number of nitrogens with zero attached hydrogens (tertiary/aromatic N) is 1. The molecule has 30 heavy (non-hydrogen) atoms. The highest BCUT2D eigenvalue weighted by Gasteiger charge is 2.17. The van der Waals surface area contributed by atoms with Gasteiger partial charge in [-0.3, -0.25) is 14.4 Å². The van der Waals surface area contributed by atoms with E-state index in [-0.39, 0.29) is 23.7 Å². The van der Waals surface area contributed by atoms with Gasteiger partial charge in [-0.25, -0.2) is 4.79 Å². The number of anilines is 1. The van der Waals surface area contributed by atoms with Gasteiger partial charge in [0.15, 0.2) is 6.61 Å². The topological polar surface area (TPSA) is 114 Å². The van der Waals surface area contributed by atoms with Gasteiger partial charge in [-0.15, -0.1) is 0 Å². The van der Waals surface area contributed by atoms with Gasteiger partial charge in [0.1, 0.15) is 5.75 Å². The van der Waals surface area contributed by atoms with Crippen molar-refractivity contribution in [3.05, 3.63) is 59.7 Å². The molecule has 0 unspecified atom stereocenters. The number of benzene rings is 2. The fourth-order valence-corrected chi connectivity index (χ4v) is 2.30. The average Bonchev–Trinajstić information content (AvgIpc) is 2.76. The molecule has 2 N–H and O–H groups in total. The van der Waals surface area contributed by atoms with Crippen molar-refractivity contribution in [2.45, 2.75) is 0 Å². The van der Waals surface area contributed by atoms with Crippen LogP contribution in [0.15, 0.2) is 48.5 Å². The number of ether oxygens (including phenoxy) is 2. The number of methoxy groups -OCH3 is 1. The molecule has 2 aromatic rings. The average molecular weight is 413 g/mol. The summed E-state index contributed by atoms with van der Waals surface area (Å²) in [6.45, 7) is -0.752. The number of carbonyl (C=O) groups excluding carboxylic acids is 4. The predicted octanol–water partition coefficient (Wildman–Crippen LogP) is 1.31. The van der Waals surface area contributed by atoms with Gasteiger partial charge in [-0.1, -0.05) is 12.1 Å². The van der Waals surface area contributed by atoms with Gasteiger partial charge in [0.25, 0.3) is 11.8 Å². The van der Waals surface area contributed by atoms with Gasteiger partial charge in [0.05, 0.1) is 24.9 Å². The minimum Gasteiger partial charge on any atom is -0.497 e. The number of amides is 3. The van der Waals surface area contributed by atoms with E-state index in [1.54, 1.807) is 56.6 Å². The number of esters is 1. The van der Waals surface area contributed by atoms with E-state index in [1.807, 2.05) is 0 Å². The normalized spacial score (nSPS) is 9.97. The molecule has 0 aliphatic heterocycles.